The van der Waals surface area contributed by atoms with Gasteiger partial charge in [-0.05, 0) is 58.8 Å². The van der Waals surface area contributed by atoms with Crippen LogP contribution in [0.2, 0.25) is 0 Å². The Hall–Kier alpha value is -1.98. The maximum atomic E-state index is 12.0. The van der Waals surface area contributed by atoms with Crippen molar-refractivity contribution in [2.75, 3.05) is 13.1 Å². The van der Waals surface area contributed by atoms with Gasteiger partial charge in [-0.3, -0.25) is 9.59 Å². The van der Waals surface area contributed by atoms with Crippen molar-refractivity contribution in [2.24, 2.45) is 5.14 Å². The van der Waals surface area contributed by atoms with E-state index in [4.69, 9.17) is 5.14 Å². The standard InChI is InChI=1S/C17H18IN3O4S/c18-15-4-2-1-3-14(15)17(23)21-11-16(22)20-10-9-12-5-7-13(8-6-12)26(19,24)25/h1-8H,9-11H2,(H,20,22)(H,21,23)(H2,19,24,25). The molecule has 9 heteroatoms. The summed E-state index contributed by atoms with van der Waals surface area (Å²) < 4.78 is 23.2. The molecule has 2 aromatic carbocycles. The van der Waals surface area contributed by atoms with E-state index in [-0.39, 0.29) is 23.3 Å². The first-order chi connectivity index (χ1) is 12.3. The first-order valence-corrected chi connectivity index (χ1v) is 10.3. The average Bonchev–Trinajstić information content (AvgIpc) is 2.60. The Morgan fingerprint density at radius 3 is 2.27 bits per heavy atom. The zero-order valence-corrected chi connectivity index (χ0v) is 16.7. The molecule has 2 amide bonds. The fourth-order valence-corrected chi connectivity index (χ4v) is 3.30. The summed E-state index contributed by atoms with van der Waals surface area (Å²) in [7, 11) is -3.71. The number of halogens is 1. The van der Waals surface area contributed by atoms with Crippen LogP contribution in [0, 0.1) is 3.57 Å². The molecule has 0 aliphatic heterocycles. The van der Waals surface area contributed by atoms with Crippen molar-refractivity contribution < 1.29 is 18.0 Å². The van der Waals surface area contributed by atoms with Crippen LogP contribution in [-0.2, 0) is 21.2 Å². The van der Waals surface area contributed by atoms with Crippen LogP contribution in [0.25, 0.3) is 0 Å². The lowest BCUT2D eigenvalue weighted by atomic mass is 10.1. The fourth-order valence-electron chi connectivity index (χ4n) is 2.16. The van der Waals surface area contributed by atoms with Crippen molar-refractivity contribution in [1.29, 1.82) is 0 Å². The van der Waals surface area contributed by atoms with Crippen LogP contribution in [0.1, 0.15) is 15.9 Å². The van der Waals surface area contributed by atoms with Crippen molar-refractivity contribution in [3.8, 4) is 0 Å². The summed E-state index contributed by atoms with van der Waals surface area (Å²) in [6.45, 7) is 0.250. The van der Waals surface area contributed by atoms with Gasteiger partial charge in [0.2, 0.25) is 15.9 Å². The molecule has 0 spiro atoms. The molecule has 138 valence electrons. The highest BCUT2D eigenvalue weighted by atomic mass is 127. The number of nitrogens with two attached hydrogens (primary N) is 1. The largest absolute Gasteiger partial charge is 0.354 e. The van der Waals surface area contributed by atoms with Gasteiger partial charge < -0.3 is 10.6 Å². The summed E-state index contributed by atoms with van der Waals surface area (Å²) in [5.41, 5.74) is 1.39. The molecule has 0 bridgehead atoms. The maximum absolute atomic E-state index is 12.0. The van der Waals surface area contributed by atoms with Gasteiger partial charge >= 0.3 is 0 Å². The highest BCUT2D eigenvalue weighted by Gasteiger charge is 2.10. The molecular formula is C17H18IN3O4S. The lowest BCUT2D eigenvalue weighted by Crippen LogP contribution is -2.37. The third-order valence-corrected chi connectivity index (χ3v) is 5.39. The number of amides is 2. The van der Waals surface area contributed by atoms with Crippen molar-refractivity contribution in [3.63, 3.8) is 0 Å². The highest BCUT2D eigenvalue weighted by Crippen LogP contribution is 2.11. The SMILES string of the molecule is NS(=O)(=O)c1ccc(CCNC(=O)CNC(=O)c2ccccc2I)cc1. The molecule has 4 N–H and O–H groups in total. The molecule has 0 fully saturated rings. The highest BCUT2D eigenvalue weighted by molar-refractivity contribution is 14.1. The van der Waals surface area contributed by atoms with E-state index in [1.165, 1.54) is 12.1 Å². The van der Waals surface area contributed by atoms with Crippen molar-refractivity contribution in [1.82, 2.24) is 10.6 Å². The predicted octanol–water partition coefficient (Wildman–Crippen LogP) is 1.03. The van der Waals surface area contributed by atoms with Gasteiger partial charge in [-0.2, -0.15) is 0 Å². The molecule has 0 saturated heterocycles. The number of nitrogens with one attached hydrogen (secondary N) is 2. The maximum Gasteiger partial charge on any atom is 0.252 e. The topological polar surface area (TPSA) is 118 Å². The molecule has 26 heavy (non-hydrogen) atoms. The van der Waals surface area contributed by atoms with Gasteiger partial charge in [0.05, 0.1) is 17.0 Å². The molecule has 0 atom stereocenters. The number of primary sulfonamides is 1. The van der Waals surface area contributed by atoms with Crippen molar-refractivity contribution in [3.05, 3.63) is 63.2 Å². The van der Waals surface area contributed by atoms with Crippen LogP contribution in [0.3, 0.4) is 0 Å². The third kappa shape index (κ3) is 6.07. The van der Waals surface area contributed by atoms with Crippen LogP contribution in [-0.4, -0.2) is 33.3 Å². The lowest BCUT2D eigenvalue weighted by Gasteiger charge is -2.08. The number of sulfonamides is 1. The number of hydrogen-bond acceptors (Lipinski definition) is 4. The summed E-state index contributed by atoms with van der Waals surface area (Å²) in [5.74, 6) is -0.603. The van der Waals surface area contributed by atoms with E-state index in [1.54, 1.807) is 24.3 Å². The predicted molar refractivity (Wildman–Crippen MR) is 106 cm³/mol. The summed E-state index contributed by atoms with van der Waals surface area (Å²) in [5, 5.41) is 10.3. The van der Waals surface area contributed by atoms with Crippen LogP contribution >= 0.6 is 22.6 Å². The minimum Gasteiger partial charge on any atom is -0.354 e. The Morgan fingerprint density at radius 1 is 1.00 bits per heavy atom. The molecule has 0 aromatic heterocycles. The zero-order valence-electron chi connectivity index (χ0n) is 13.7. The van der Waals surface area contributed by atoms with E-state index in [2.05, 4.69) is 33.2 Å². The number of hydrogen-bond donors (Lipinski definition) is 3. The van der Waals surface area contributed by atoms with Gasteiger partial charge in [0.1, 0.15) is 0 Å². The Balaban J connectivity index is 1.75. The Bertz CT molecular complexity index is 898. The van der Waals surface area contributed by atoms with E-state index in [0.717, 1.165) is 9.13 Å². The number of rotatable bonds is 7. The third-order valence-electron chi connectivity index (χ3n) is 3.52. The van der Waals surface area contributed by atoms with E-state index in [0.29, 0.717) is 18.5 Å². The summed E-state index contributed by atoms with van der Waals surface area (Å²) in [6.07, 6.45) is 0.529. The van der Waals surface area contributed by atoms with Gasteiger partial charge in [0.15, 0.2) is 0 Å². The van der Waals surface area contributed by atoms with E-state index in [9.17, 15) is 18.0 Å². The molecular weight excluding hydrogens is 469 g/mol. The first kappa shape index (κ1) is 20.3. The number of benzene rings is 2. The second kappa shape index (κ2) is 9.10. The van der Waals surface area contributed by atoms with Crippen molar-refractivity contribution in [2.45, 2.75) is 11.3 Å². The molecule has 2 aromatic rings. The van der Waals surface area contributed by atoms with Gasteiger partial charge in [0.25, 0.3) is 5.91 Å². The second-order valence-corrected chi connectivity index (χ2v) is 8.18. The molecule has 0 heterocycles. The Morgan fingerprint density at radius 2 is 1.65 bits per heavy atom. The quantitative estimate of drug-likeness (QED) is 0.506. The summed E-state index contributed by atoms with van der Waals surface area (Å²) in [6, 6.07) is 13.2. The summed E-state index contributed by atoms with van der Waals surface area (Å²) in [4.78, 5) is 23.9. The molecule has 0 unspecified atom stereocenters. The first-order valence-electron chi connectivity index (χ1n) is 7.68. The van der Waals surface area contributed by atoms with Crippen molar-refractivity contribution >= 4 is 44.4 Å². The summed E-state index contributed by atoms with van der Waals surface area (Å²) >= 11 is 2.06. The molecule has 0 aliphatic rings. The normalized spacial score (nSPS) is 11.0. The van der Waals surface area contributed by atoms with Crippen LogP contribution in [0.4, 0.5) is 0 Å². The smallest absolute Gasteiger partial charge is 0.252 e. The molecule has 0 aliphatic carbocycles. The van der Waals surface area contributed by atoms with Crippen LogP contribution < -0.4 is 15.8 Å². The molecule has 0 radical (unpaired) electrons. The van der Waals surface area contributed by atoms with Gasteiger partial charge in [-0.15, -0.1) is 0 Å². The Labute approximate surface area is 165 Å². The second-order valence-electron chi connectivity index (χ2n) is 5.45. The van der Waals surface area contributed by atoms with Crippen LogP contribution in [0.5, 0.6) is 0 Å². The number of carbonyl (C=O) groups is 2. The van der Waals surface area contributed by atoms with E-state index in [1.807, 2.05) is 12.1 Å². The number of carbonyl (C=O) groups excluding carboxylic acids is 2. The van der Waals surface area contributed by atoms with Gasteiger partial charge in [-0.1, -0.05) is 24.3 Å². The molecule has 2 rings (SSSR count). The van der Waals surface area contributed by atoms with E-state index >= 15 is 0 Å². The van der Waals surface area contributed by atoms with Crippen LogP contribution in [0.15, 0.2) is 53.4 Å². The van der Waals surface area contributed by atoms with Gasteiger partial charge in [0, 0.05) is 10.1 Å². The fraction of sp³-hybridized carbons (Fsp3) is 0.176. The average molecular weight is 487 g/mol. The minimum atomic E-state index is -3.71. The van der Waals surface area contributed by atoms with E-state index < -0.39 is 10.0 Å². The lowest BCUT2D eigenvalue weighted by molar-refractivity contribution is -0.120. The Kier molecular flexibility index (Phi) is 7.12. The van der Waals surface area contributed by atoms with Gasteiger partial charge in [-0.25, -0.2) is 13.6 Å². The molecule has 0 saturated carbocycles. The minimum absolute atomic E-state index is 0.0449. The monoisotopic (exact) mass is 487 g/mol. The zero-order chi connectivity index (χ0) is 19.2. The molecule has 7 nitrogen and oxygen atoms in total.